The molecular weight excluding hydrogens is 621 g/mol. The number of ether oxygens (including phenoxy) is 1. The summed E-state index contributed by atoms with van der Waals surface area (Å²) in [5.41, 5.74) is 5.77. The molecule has 3 aliphatic rings. The summed E-state index contributed by atoms with van der Waals surface area (Å²) in [4.78, 5) is 18.8. The number of piperazine rings is 1. The van der Waals surface area contributed by atoms with E-state index in [1.807, 2.05) is 37.3 Å². The highest BCUT2D eigenvalue weighted by Gasteiger charge is 2.33. The van der Waals surface area contributed by atoms with E-state index in [2.05, 4.69) is 72.6 Å². The van der Waals surface area contributed by atoms with Gasteiger partial charge in [-0.05, 0) is 63.6 Å². The molecule has 11 heteroatoms. The lowest BCUT2D eigenvalue weighted by Crippen LogP contribution is -2.51. The number of fused-ring (bicyclic) bond motifs is 3. The second kappa shape index (κ2) is 13.3. The van der Waals surface area contributed by atoms with Gasteiger partial charge in [-0.15, -0.1) is 21.5 Å². The van der Waals surface area contributed by atoms with Crippen LogP contribution in [0, 0.1) is 20.8 Å². The van der Waals surface area contributed by atoms with Crippen LogP contribution >= 0.6 is 11.3 Å². The standard InChI is InChI=1S/C37H42N8O2S/c1-25-26(2)48-37-34(25)35(39-32(23-33-38-14-21-47-33)36-41-40-27(3)45(36)37)28-9-11-29(12-10-28)43-16-18-44(19-17-43)30-13-15-42(24-30)20-22-46-31-7-5-4-6-8-31/h4-12,14,21,30,32H,13,15-20,22-24H2,1-3H3. The molecule has 0 radical (unpaired) electrons. The number of nitrogens with zero attached hydrogens (tertiary/aromatic N) is 8. The first-order valence-corrected chi connectivity index (χ1v) is 17.8. The summed E-state index contributed by atoms with van der Waals surface area (Å²) in [6.45, 7) is 14.6. The van der Waals surface area contributed by atoms with Gasteiger partial charge in [0, 0.05) is 67.0 Å². The predicted molar refractivity (Wildman–Crippen MR) is 189 cm³/mol. The smallest absolute Gasteiger partial charge is 0.196 e. The number of thiophene rings is 1. The fraction of sp³-hybridized carbons (Fsp3) is 0.405. The number of oxazole rings is 1. The molecule has 3 aromatic heterocycles. The Hall–Kier alpha value is -4.32. The van der Waals surface area contributed by atoms with E-state index in [1.54, 1.807) is 23.8 Å². The Morgan fingerprint density at radius 1 is 0.938 bits per heavy atom. The maximum Gasteiger partial charge on any atom is 0.196 e. The van der Waals surface area contributed by atoms with Gasteiger partial charge in [-0.25, -0.2) is 4.98 Å². The second-order valence-corrected chi connectivity index (χ2v) is 14.2. The lowest BCUT2D eigenvalue weighted by Gasteiger charge is -2.39. The highest BCUT2D eigenvalue weighted by Crippen LogP contribution is 2.39. The summed E-state index contributed by atoms with van der Waals surface area (Å²) in [5.74, 6) is 3.28. The van der Waals surface area contributed by atoms with Crippen molar-refractivity contribution in [2.45, 2.75) is 45.7 Å². The SMILES string of the molecule is Cc1sc2c(c1C)C(c1ccc(N3CCN(C4CCN(CCOc5ccccc5)C4)CC3)cc1)=NC(Cc1ncco1)c1nnc(C)n1-2. The average Bonchev–Trinajstić information content (AvgIpc) is 3.92. The summed E-state index contributed by atoms with van der Waals surface area (Å²) in [5, 5.41) is 10.2. The van der Waals surface area contributed by atoms with Crippen LogP contribution in [0.25, 0.3) is 5.00 Å². The van der Waals surface area contributed by atoms with E-state index in [1.165, 1.54) is 22.5 Å². The zero-order chi connectivity index (χ0) is 32.6. The van der Waals surface area contributed by atoms with Gasteiger partial charge in [0.25, 0.3) is 0 Å². The van der Waals surface area contributed by atoms with Crippen LogP contribution < -0.4 is 9.64 Å². The van der Waals surface area contributed by atoms with Gasteiger partial charge in [-0.1, -0.05) is 30.3 Å². The number of aryl methyl sites for hydroxylation is 2. The van der Waals surface area contributed by atoms with E-state index in [4.69, 9.17) is 14.1 Å². The van der Waals surface area contributed by atoms with Gasteiger partial charge in [0.2, 0.25) is 0 Å². The molecule has 3 aliphatic heterocycles. The minimum absolute atomic E-state index is 0.269. The summed E-state index contributed by atoms with van der Waals surface area (Å²) >= 11 is 1.78. The molecule has 0 aliphatic carbocycles. The van der Waals surface area contributed by atoms with Crippen molar-refractivity contribution in [3.8, 4) is 10.8 Å². The molecule has 2 fully saturated rings. The third kappa shape index (κ3) is 6.06. The van der Waals surface area contributed by atoms with E-state index in [0.29, 0.717) is 18.4 Å². The number of likely N-dealkylation sites (tertiary alicyclic amines) is 1. The first kappa shape index (κ1) is 31.0. The average molecular weight is 663 g/mol. The van der Waals surface area contributed by atoms with Crippen molar-refractivity contribution in [3.63, 3.8) is 0 Å². The van der Waals surface area contributed by atoms with Crippen LogP contribution in [0.3, 0.4) is 0 Å². The van der Waals surface area contributed by atoms with Crippen molar-refractivity contribution in [2.24, 2.45) is 4.99 Å². The first-order valence-electron chi connectivity index (χ1n) is 17.0. The minimum atomic E-state index is -0.269. The molecule has 0 amide bonds. The van der Waals surface area contributed by atoms with Crippen LogP contribution in [0.1, 0.15) is 51.6 Å². The molecule has 6 heterocycles. The summed E-state index contributed by atoms with van der Waals surface area (Å²) < 4.78 is 13.8. The van der Waals surface area contributed by atoms with Crippen molar-refractivity contribution in [2.75, 3.05) is 57.3 Å². The molecule has 2 aromatic carbocycles. The first-order chi connectivity index (χ1) is 23.5. The van der Waals surface area contributed by atoms with Gasteiger partial charge in [0.15, 0.2) is 11.7 Å². The lowest BCUT2D eigenvalue weighted by atomic mass is 9.99. The molecule has 2 saturated heterocycles. The number of hydrogen-bond donors (Lipinski definition) is 0. The number of hydrogen-bond acceptors (Lipinski definition) is 10. The van der Waals surface area contributed by atoms with Crippen molar-refractivity contribution in [1.82, 2.24) is 29.5 Å². The van der Waals surface area contributed by atoms with E-state index in [9.17, 15) is 0 Å². The largest absolute Gasteiger partial charge is 0.492 e. The molecule has 5 aromatic rings. The lowest BCUT2D eigenvalue weighted by molar-refractivity contribution is 0.174. The Morgan fingerprint density at radius 3 is 2.52 bits per heavy atom. The fourth-order valence-corrected chi connectivity index (χ4v) is 8.56. The fourth-order valence-electron chi connectivity index (χ4n) is 7.34. The van der Waals surface area contributed by atoms with Crippen LogP contribution in [-0.4, -0.2) is 93.7 Å². The number of aromatic nitrogens is 4. The number of aliphatic imine (C=N–C) groups is 1. The number of rotatable bonds is 9. The quantitative estimate of drug-likeness (QED) is 0.200. The normalized spacial score (nSPS) is 20.0. The second-order valence-electron chi connectivity index (χ2n) is 13.0. The molecule has 2 atom stereocenters. The predicted octanol–water partition coefficient (Wildman–Crippen LogP) is 5.65. The van der Waals surface area contributed by atoms with Crippen LogP contribution in [0.4, 0.5) is 5.69 Å². The summed E-state index contributed by atoms with van der Waals surface area (Å²) in [7, 11) is 0. The van der Waals surface area contributed by atoms with E-state index < -0.39 is 0 Å². The Labute approximate surface area is 285 Å². The summed E-state index contributed by atoms with van der Waals surface area (Å²) in [6, 6.07) is 19.5. The van der Waals surface area contributed by atoms with Gasteiger partial charge in [-0.3, -0.25) is 19.4 Å². The van der Waals surface area contributed by atoms with Gasteiger partial charge in [0.1, 0.15) is 35.5 Å². The van der Waals surface area contributed by atoms with Gasteiger partial charge in [0.05, 0.1) is 18.3 Å². The monoisotopic (exact) mass is 662 g/mol. The Kier molecular flexibility index (Phi) is 8.58. The Morgan fingerprint density at radius 2 is 1.75 bits per heavy atom. The molecule has 0 saturated carbocycles. The van der Waals surface area contributed by atoms with Gasteiger partial charge >= 0.3 is 0 Å². The van der Waals surface area contributed by atoms with E-state index in [-0.39, 0.29) is 6.04 Å². The molecule has 248 valence electrons. The molecule has 0 N–H and O–H groups in total. The highest BCUT2D eigenvalue weighted by atomic mass is 32.1. The van der Waals surface area contributed by atoms with Crippen LogP contribution in [0.15, 0.2) is 76.5 Å². The minimum Gasteiger partial charge on any atom is -0.492 e. The van der Waals surface area contributed by atoms with Gasteiger partial charge < -0.3 is 14.1 Å². The molecule has 10 nitrogen and oxygen atoms in total. The van der Waals surface area contributed by atoms with Crippen LogP contribution in [-0.2, 0) is 6.42 Å². The molecular formula is C37H42N8O2S. The van der Waals surface area contributed by atoms with Crippen molar-refractivity contribution in [1.29, 1.82) is 0 Å². The zero-order valence-corrected chi connectivity index (χ0v) is 28.7. The maximum absolute atomic E-state index is 5.95. The van der Waals surface area contributed by atoms with Crippen molar-refractivity contribution >= 4 is 22.7 Å². The number of para-hydroxylation sites is 1. The third-order valence-electron chi connectivity index (χ3n) is 10.1. The molecule has 0 spiro atoms. The Bertz CT molecular complexity index is 1870. The van der Waals surface area contributed by atoms with E-state index >= 15 is 0 Å². The van der Waals surface area contributed by atoms with E-state index in [0.717, 1.165) is 91.7 Å². The summed E-state index contributed by atoms with van der Waals surface area (Å²) in [6.07, 6.45) is 5.05. The molecule has 2 unspecified atom stereocenters. The van der Waals surface area contributed by atoms with Crippen molar-refractivity contribution < 1.29 is 9.15 Å². The maximum atomic E-state index is 5.95. The molecule has 8 rings (SSSR count). The van der Waals surface area contributed by atoms with Gasteiger partial charge in [-0.2, -0.15) is 0 Å². The topological polar surface area (TPSA) is 88.1 Å². The molecule has 0 bridgehead atoms. The number of benzene rings is 2. The van der Waals surface area contributed by atoms with Crippen LogP contribution in [0.2, 0.25) is 0 Å². The zero-order valence-electron chi connectivity index (χ0n) is 27.9. The molecule has 48 heavy (non-hydrogen) atoms. The Balaban J connectivity index is 0.950. The highest BCUT2D eigenvalue weighted by molar-refractivity contribution is 7.15. The number of anilines is 1. The van der Waals surface area contributed by atoms with Crippen LogP contribution in [0.5, 0.6) is 5.75 Å². The third-order valence-corrected chi connectivity index (χ3v) is 11.3. The van der Waals surface area contributed by atoms with Crippen molar-refractivity contribution in [3.05, 3.63) is 106 Å².